The molecule has 19 heavy (non-hydrogen) atoms. The van der Waals surface area contributed by atoms with Crippen molar-refractivity contribution in [3.63, 3.8) is 0 Å². The standard InChI is InChI=1S/C15H20N4/c16-15-7-6-14(12-4-2-1-3-5-12)19(18-15)13-8-10-17-11-9-13/h1-7,13,17-18H,8-11,16H2. The van der Waals surface area contributed by atoms with E-state index in [1.807, 2.05) is 12.1 Å². The molecule has 4 heteroatoms. The summed E-state index contributed by atoms with van der Waals surface area (Å²) in [6, 6.07) is 10.9. The second-order valence-corrected chi connectivity index (χ2v) is 5.00. The number of hydrogen-bond acceptors (Lipinski definition) is 4. The van der Waals surface area contributed by atoms with Crippen LogP contribution in [0.1, 0.15) is 18.4 Å². The number of nitrogens with two attached hydrogens (primary N) is 1. The maximum atomic E-state index is 5.92. The molecule has 1 saturated heterocycles. The molecule has 0 atom stereocenters. The maximum Gasteiger partial charge on any atom is 0.115 e. The zero-order valence-corrected chi connectivity index (χ0v) is 11.0. The summed E-state index contributed by atoms with van der Waals surface area (Å²) < 4.78 is 0. The molecule has 3 rings (SSSR count). The van der Waals surface area contributed by atoms with E-state index in [1.165, 1.54) is 11.3 Å². The molecule has 4 N–H and O–H groups in total. The first-order chi connectivity index (χ1) is 9.34. The fraction of sp³-hybridized carbons (Fsp3) is 0.333. The Bertz CT molecular complexity index is 486. The van der Waals surface area contributed by atoms with Gasteiger partial charge in [0, 0.05) is 0 Å². The lowest BCUT2D eigenvalue weighted by molar-refractivity contribution is 0.191. The monoisotopic (exact) mass is 256 g/mol. The number of benzene rings is 1. The van der Waals surface area contributed by atoms with E-state index in [4.69, 9.17) is 5.73 Å². The number of hydrogen-bond donors (Lipinski definition) is 3. The van der Waals surface area contributed by atoms with Crippen LogP contribution >= 0.6 is 0 Å². The smallest absolute Gasteiger partial charge is 0.115 e. The van der Waals surface area contributed by atoms with E-state index in [2.05, 4.69) is 46.1 Å². The number of rotatable bonds is 2. The van der Waals surface area contributed by atoms with Crippen molar-refractivity contribution in [3.8, 4) is 0 Å². The fourth-order valence-corrected chi connectivity index (χ4v) is 2.68. The van der Waals surface area contributed by atoms with Crippen molar-refractivity contribution in [1.29, 1.82) is 0 Å². The number of nitrogens with zero attached hydrogens (tertiary/aromatic N) is 1. The minimum Gasteiger partial charge on any atom is -0.384 e. The molecule has 1 aromatic rings. The average Bonchev–Trinajstić information content (AvgIpc) is 2.49. The van der Waals surface area contributed by atoms with Crippen LogP contribution < -0.4 is 16.5 Å². The van der Waals surface area contributed by atoms with Gasteiger partial charge in [0.1, 0.15) is 5.82 Å². The van der Waals surface area contributed by atoms with Gasteiger partial charge in [-0.1, -0.05) is 30.3 Å². The zero-order chi connectivity index (χ0) is 13.1. The first-order valence-electron chi connectivity index (χ1n) is 6.84. The molecule has 1 aromatic carbocycles. The molecule has 2 heterocycles. The van der Waals surface area contributed by atoms with Crippen molar-refractivity contribution in [2.45, 2.75) is 18.9 Å². The van der Waals surface area contributed by atoms with E-state index >= 15 is 0 Å². The Balaban J connectivity index is 1.89. The van der Waals surface area contributed by atoms with Gasteiger partial charge >= 0.3 is 0 Å². The Morgan fingerprint density at radius 1 is 1.05 bits per heavy atom. The Labute approximate surface area is 113 Å². The van der Waals surface area contributed by atoms with E-state index in [1.54, 1.807) is 0 Å². The molecule has 0 bridgehead atoms. The van der Waals surface area contributed by atoms with Gasteiger partial charge in [0.05, 0.1) is 11.7 Å². The van der Waals surface area contributed by atoms with Crippen molar-refractivity contribution in [1.82, 2.24) is 15.8 Å². The van der Waals surface area contributed by atoms with Crippen LogP contribution in [-0.2, 0) is 0 Å². The third-order valence-corrected chi connectivity index (χ3v) is 3.67. The van der Waals surface area contributed by atoms with Crippen molar-refractivity contribution in [2.24, 2.45) is 5.73 Å². The van der Waals surface area contributed by atoms with Crippen molar-refractivity contribution in [2.75, 3.05) is 13.1 Å². The highest BCUT2D eigenvalue weighted by atomic mass is 15.5. The molecule has 0 amide bonds. The molecule has 4 nitrogen and oxygen atoms in total. The molecule has 2 aliphatic heterocycles. The lowest BCUT2D eigenvalue weighted by atomic mass is 10.0. The Morgan fingerprint density at radius 2 is 1.79 bits per heavy atom. The van der Waals surface area contributed by atoms with Gasteiger partial charge in [-0.05, 0) is 43.6 Å². The molecule has 0 unspecified atom stereocenters. The SMILES string of the molecule is NC1=CC=C(c2ccccc2)N(C2CCNCC2)N1. The van der Waals surface area contributed by atoms with Crippen LogP contribution in [0.15, 0.2) is 48.3 Å². The summed E-state index contributed by atoms with van der Waals surface area (Å²) in [4.78, 5) is 0. The van der Waals surface area contributed by atoms with E-state index in [0.717, 1.165) is 25.9 Å². The largest absolute Gasteiger partial charge is 0.384 e. The summed E-state index contributed by atoms with van der Waals surface area (Å²) in [5.74, 6) is 0.707. The molecule has 0 saturated carbocycles. The lowest BCUT2D eigenvalue weighted by Crippen LogP contribution is -2.50. The van der Waals surface area contributed by atoms with E-state index < -0.39 is 0 Å². The summed E-state index contributed by atoms with van der Waals surface area (Å²) in [5.41, 5.74) is 11.6. The third kappa shape index (κ3) is 2.58. The van der Waals surface area contributed by atoms with Gasteiger partial charge in [-0.2, -0.15) is 0 Å². The van der Waals surface area contributed by atoms with Crippen LogP contribution in [0.25, 0.3) is 5.70 Å². The predicted molar refractivity (Wildman–Crippen MR) is 77.6 cm³/mol. The van der Waals surface area contributed by atoms with Gasteiger partial charge in [0.15, 0.2) is 0 Å². The van der Waals surface area contributed by atoms with E-state index in [9.17, 15) is 0 Å². The Hall–Kier alpha value is -1.94. The Kier molecular flexibility index (Phi) is 3.42. The molecule has 1 fully saturated rings. The summed E-state index contributed by atoms with van der Waals surface area (Å²) >= 11 is 0. The minimum absolute atomic E-state index is 0.486. The van der Waals surface area contributed by atoms with Crippen LogP contribution in [0, 0.1) is 0 Å². The minimum atomic E-state index is 0.486. The topological polar surface area (TPSA) is 53.3 Å². The third-order valence-electron chi connectivity index (χ3n) is 3.67. The summed E-state index contributed by atoms with van der Waals surface area (Å²) in [6.07, 6.45) is 6.29. The van der Waals surface area contributed by atoms with Gasteiger partial charge in [-0.15, -0.1) is 0 Å². The van der Waals surface area contributed by atoms with Crippen molar-refractivity contribution in [3.05, 3.63) is 53.9 Å². The second-order valence-electron chi connectivity index (χ2n) is 5.00. The molecule has 0 aliphatic carbocycles. The molecule has 100 valence electrons. The van der Waals surface area contributed by atoms with Gasteiger partial charge in [0.25, 0.3) is 0 Å². The molecule has 0 spiro atoms. The van der Waals surface area contributed by atoms with Crippen LogP contribution in [0.2, 0.25) is 0 Å². The second kappa shape index (κ2) is 5.36. The van der Waals surface area contributed by atoms with Gasteiger partial charge in [0.2, 0.25) is 0 Å². The van der Waals surface area contributed by atoms with Gasteiger partial charge in [-0.25, -0.2) is 0 Å². The summed E-state index contributed by atoms with van der Waals surface area (Å²) in [7, 11) is 0. The summed E-state index contributed by atoms with van der Waals surface area (Å²) in [5, 5.41) is 5.63. The number of hydrazine groups is 1. The van der Waals surface area contributed by atoms with E-state index in [-0.39, 0.29) is 0 Å². The van der Waals surface area contributed by atoms with Crippen molar-refractivity contribution < 1.29 is 0 Å². The first kappa shape index (κ1) is 12.1. The highest BCUT2D eigenvalue weighted by Crippen LogP contribution is 2.26. The lowest BCUT2D eigenvalue weighted by Gasteiger charge is -2.39. The van der Waals surface area contributed by atoms with Crippen LogP contribution in [0.3, 0.4) is 0 Å². The van der Waals surface area contributed by atoms with E-state index in [0.29, 0.717) is 11.9 Å². The molecular weight excluding hydrogens is 236 g/mol. The zero-order valence-electron chi connectivity index (χ0n) is 11.0. The normalized spacial score (nSPS) is 20.5. The molecule has 0 aromatic heterocycles. The van der Waals surface area contributed by atoms with Crippen LogP contribution in [0.4, 0.5) is 0 Å². The summed E-state index contributed by atoms with van der Waals surface area (Å²) in [6.45, 7) is 2.13. The molecule has 2 aliphatic rings. The van der Waals surface area contributed by atoms with Crippen LogP contribution in [0.5, 0.6) is 0 Å². The highest BCUT2D eigenvalue weighted by molar-refractivity contribution is 5.66. The van der Waals surface area contributed by atoms with Crippen molar-refractivity contribution >= 4 is 5.70 Å². The molecular formula is C15H20N4. The first-order valence-corrected chi connectivity index (χ1v) is 6.84. The number of allylic oxidation sites excluding steroid dienone is 2. The average molecular weight is 256 g/mol. The quantitative estimate of drug-likeness (QED) is 0.748. The van der Waals surface area contributed by atoms with Gasteiger partial charge < -0.3 is 11.1 Å². The number of piperidine rings is 1. The number of nitrogens with one attached hydrogen (secondary N) is 2. The van der Waals surface area contributed by atoms with Crippen LogP contribution in [-0.4, -0.2) is 24.1 Å². The maximum absolute atomic E-state index is 5.92. The highest BCUT2D eigenvalue weighted by Gasteiger charge is 2.25. The Morgan fingerprint density at radius 3 is 2.53 bits per heavy atom. The fourth-order valence-electron chi connectivity index (χ4n) is 2.68. The van der Waals surface area contributed by atoms with Gasteiger partial charge in [-0.3, -0.25) is 10.4 Å². The predicted octanol–water partition coefficient (Wildman–Crippen LogP) is 1.40. The molecule has 0 radical (unpaired) electrons.